The second-order valence-corrected chi connectivity index (χ2v) is 8.51. The van der Waals surface area contributed by atoms with Crippen LogP contribution in [0.1, 0.15) is 110 Å². The van der Waals surface area contributed by atoms with E-state index in [1.165, 1.54) is 96.3 Å². The van der Waals surface area contributed by atoms with Crippen molar-refractivity contribution in [2.24, 2.45) is 0 Å². The van der Waals surface area contributed by atoms with Crippen molar-refractivity contribution in [3.05, 3.63) is 0 Å². The van der Waals surface area contributed by atoms with E-state index in [1.54, 1.807) is 0 Å². The molecular weight excluding hydrogens is 326 g/mol. The van der Waals surface area contributed by atoms with Crippen LogP contribution in [0, 0.1) is 0 Å². The zero-order valence-corrected chi connectivity index (χ0v) is 18.0. The summed E-state index contributed by atoms with van der Waals surface area (Å²) in [4.78, 5) is 10.8. The molecule has 0 aromatic rings. The quantitative estimate of drug-likeness (QED) is 0.215. The molecule has 0 bridgehead atoms. The van der Waals surface area contributed by atoms with E-state index in [9.17, 15) is 4.79 Å². The van der Waals surface area contributed by atoms with Gasteiger partial charge in [-0.15, -0.1) is 0 Å². The smallest absolute Gasteiger partial charge is 0.359 e. The number of aliphatic carboxylic acids is 1. The summed E-state index contributed by atoms with van der Waals surface area (Å²) in [6.07, 6.45) is 22.1. The van der Waals surface area contributed by atoms with E-state index in [0.717, 1.165) is 13.0 Å². The van der Waals surface area contributed by atoms with Crippen LogP contribution in [0.3, 0.4) is 0 Å². The zero-order chi connectivity index (χ0) is 18.8. The van der Waals surface area contributed by atoms with E-state index in [4.69, 9.17) is 5.11 Å². The Morgan fingerprint density at radius 1 is 0.654 bits per heavy atom. The van der Waals surface area contributed by atoms with Crippen LogP contribution in [-0.4, -0.2) is 48.2 Å². The molecule has 0 aromatic heterocycles. The maximum atomic E-state index is 10.8. The lowest BCUT2D eigenvalue weighted by molar-refractivity contribution is -0.883. The van der Waals surface area contributed by atoms with Gasteiger partial charge in [0.2, 0.25) is 0 Å². The van der Waals surface area contributed by atoms with Gasteiger partial charge in [-0.05, 0) is 12.8 Å². The van der Waals surface area contributed by atoms with E-state index in [0.29, 0.717) is 4.48 Å². The maximum Gasteiger partial charge on any atom is 0.359 e. The van der Waals surface area contributed by atoms with E-state index < -0.39 is 5.97 Å². The van der Waals surface area contributed by atoms with E-state index in [2.05, 4.69) is 6.92 Å². The molecule has 0 atom stereocenters. The van der Waals surface area contributed by atoms with Crippen LogP contribution >= 0.6 is 0 Å². The van der Waals surface area contributed by atoms with Crippen LogP contribution in [0.15, 0.2) is 0 Å². The fourth-order valence-electron chi connectivity index (χ4n) is 3.53. The summed E-state index contributed by atoms with van der Waals surface area (Å²) < 4.78 is 0.605. The van der Waals surface area contributed by atoms with Gasteiger partial charge in [-0.2, -0.15) is 0 Å². The highest BCUT2D eigenvalue weighted by molar-refractivity contribution is 5.67. The van der Waals surface area contributed by atoms with Crippen molar-refractivity contribution >= 4 is 5.97 Å². The third kappa shape index (κ3) is 21.4. The lowest BCUT2D eigenvalue weighted by atomic mass is 10.0. The lowest BCUT2D eigenvalue weighted by Crippen LogP contribution is -2.44. The molecule has 0 radical (unpaired) electrons. The highest BCUT2D eigenvalue weighted by Crippen LogP contribution is 2.14. The number of nitrogens with zero attached hydrogens (tertiary/aromatic N) is 1. The molecule has 0 aliphatic heterocycles. The second-order valence-electron chi connectivity index (χ2n) is 8.51. The van der Waals surface area contributed by atoms with Crippen molar-refractivity contribution in [3.63, 3.8) is 0 Å². The number of hydrogen-bond donors (Lipinski definition) is 1. The Labute approximate surface area is 163 Å². The average Bonchev–Trinajstić information content (AvgIpc) is 2.53. The molecule has 0 rings (SSSR count). The Balaban J connectivity index is 0. The van der Waals surface area contributed by atoms with Gasteiger partial charge in [-0.3, -0.25) is 0 Å². The van der Waals surface area contributed by atoms with Crippen LogP contribution in [0.5, 0.6) is 0 Å². The molecule has 2 N–H and O–H groups in total. The molecule has 0 aromatic carbocycles. The van der Waals surface area contributed by atoms with Gasteiger partial charge in [0.25, 0.3) is 0 Å². The third-order valence-electron chi connectivity index (χ3n) is 5.18. The third-order valence-corrected chi connectivity index (χ3v) is 5.18. The number of carboxylic acid groups (broad SMARTS) is 1. The number of rotatable bonds is 19. The lowest BCUT2D eigenvalue weighted by Gasteiger charge is -2.27. The summed E-state index contributed by atoms with van der Waals surface area (Å²) in [7, 11) is 4.03. The van der Waals surface area contributed by atoms with Crippen molar-refractivity contribution < 1.29 is 19.9 Å². The van der Waals surface area contributed by atoms with E-state index in [1.807, 2.05) is 14.1 Å². The molecule has 0 aliphatic rings. The molecule has 158 valence electrons. The minimum absolute atomic E-state index is 0. The summed E-state index contributed by atoms with van der Waals surface area (Å²) in [5.74, 6) is -0.693. The number of quaternary nitrogens is 1. The summed E-state index contributed by atoms with van der Waals surface area (Å²) >= 11 is 0. The zero-order valence-electron chi connectivity index (χ0n) is 18.0. The molecule has 26 heavy (non-hydrogen) atoms. The monoisotopic (exact) mass is 373 g/mol. The molecule has 4 nitrogen and oxygen atoms in total. The normalized spacial score (nSPS) is 11.3. The Morgan fingerprint density at radius 2 is 0.962 bits per heavy atom. The number of carboxylic acids is 1. The van der Waals surface area contributed by atoms with Gasteiger partial charge in [0, 0.05) is 0 Å². The molecule has 0 saturated heterocycles. The number of hydrogen-bond acceptors (Lipinski definition) is 2. The molecule has 0 heterocycles. The Bertz CT molecular complexity index is 306. The first-order valence-corrected chi connectivity index (χ1v) is 11.0. The second kappa shape index (κ2) is 19.2. The predicted molar refractivity (Wildman–Crippen MR) is 111 cm³/mol. The number of unbranched alkanes of at least 4 members (excludes halogenated alkanes) is 15. The van der Waals surface area contributed by atoms with Crippen molar-refractivity contribution in [2.45, 2.75) is 110 Å². The van der Waals surface area contributed by atoms with Gasteiger partial charge in [-0.1, -0.05) is 96.8 Å². The van der Waals surface area contributed by atoms with E-state index in [-0.39, 0.29) is 12.0 Å². The SMILES string of the molecule is CCCCCCCCCCCCCCCCCC[N+](C)(C)CC(=O)O.[OH-]. The van der Waals surface area contributed by atoms with Gasteiger partial charge in [0.1, 0.15) is 0 Å². The molecule has 0 spiro atoms. The molecule has 0 unspecified atom stereocenters. The first-order chi connectivity index (χ1) is 12.0. The number of carbonyl (C=O) groups is 1. The Morgan fingerprint density at radius 3 is 1.27 bits per heavy atom. The van der Waals surface area contributed by atoms with Crippen molar-refractivity contribution in [3.8, 4) is 0 Å². The number of likely N-dealkylation sites (N-methyl/N-ethyl adjacent to an activating group) is 1. The van der Waals surface area contributed by atoms with Gasteiger partial charge in [-0.25, -0.2) is 4.79 Å². The minimum atomic E-state index is -0.693. The summed E-state index contributed by atoms with van der Waals surface area (Å²) in [5, 5.41) is 8.87. The summed E-state index contributed by atoms with van der Waals surface area (Å²) in [5.41, 5.74) is 0. The van der Waals surface area contributed by atoms with Gasteiger partial charge < -0.3 is 15.1 Å². The Kier molecular flexibility index (Phi) is 20.3. The van der Waals surface area contributed by atoms with Gasteiger partial charge in [0.15, 0.2) is 6.54 Å². The molecule has 0 saturated carbocycles. The Hall–Kier alpha value is -0.610. The van der Waals surface area contributed by atoms with Crippen LogP contribution in [0.4, 0.5) is 0 Å². The summed E-state index contributed by atoms with van der Waals surface area (Å²) in [6.45, 7) is 3.49. The first-order valence-electron chi connectivity index (χ1n) is 11.0. The van der Waals surface area contributed by atoms with Crippen LogP contribution in [-0.2, 0) is 4.79 Å². The largest absolute Gasteiger partial charge is 0.870 e. The van der Waals surface area contributed by atoms with Crippen molar-refractivity contribution in [1.82, 2.24) is 0 Å². The van der Waals surface area contributed by atoms with E-state index >= 15 is 0 Å². The molecular formula is C22H47NO3. The minimum Gasteiger partial charge on any atom is -0.870 e. The molecule has 4 heteroatoms. The highest BCUT2D eigenvalue weighted by Gasteiger charge is 2.18. The summed E-state index contributed by atoms with van der Waals surface area (Å²) in [6, 6.07) is 0. The fourth-order valence-corrected chi connectivity index (χ4v) is 3.53. The van der Waals surface area contributed by atoms with Crippen LogP contribution in [0.2, 0.25) is 0 Å². The van der Waals surface area contributed by atoms with Crippen LogP contribution in [0.25, 0.3) is 0 Å². The van der Waals surface area contributed by atoms with Crippen LogP contribution < -0.4 is 0 Å². The molecule has 0 aliphatic carbocycles. The average molecular weight is 374 g/mol. The van der Waals surface area contributed by atoms with Gasteiger partial charge >= 0.3 is 5.97 Å². The maximum absolute atomic E-state index is 10.8. The first kappa shape index (κ1) is 27.6. The molecule has 0 amide bonds. The van der Waals surface area contributed by atoms with Crippen molar-refractivity contribution in [1.29, 1.82) is 0 Å². The topological polar surface area (TPSA) is 67.3 Å². The van der Waals surface area contributed by atoms with Crippen molar-refractivity contribution in [2.75, 3.05) is 27.2 Å². The fraction of sp³-hybridized carbons (Fsp3) is 0.955. The highest BCUT2D eigenvalue weighted by atomic mass is 16.4. The molecule has 0 fully saturated rings. The predicted octanol–water partition coefficient (Wildman–Crippen LogP) is 6.23. The van der Waals surface area contributed by atoms with Gasteiger partial charge in [0.05, 0.1) is 20.6 Å². The standard InChI is InChI=1S/C22H45NO2.H2O/c1-4-5-6-7-8-9-10-11-12-13-14-15-16-17-18-19-20-23(2,3)21-22(24)25;/h4-21H2,1-3H3;1H2.